The third-order valence-corrected chi connectivity index (χ3v) is 4.95. The monoisotopic (exact) mass is 349 g/mol. The second-order valence-electron chi connectivity index (χ2n) is 5.98. The summed E-state index contributed by atoms with van der Waals surface area (Å²) in [6, 6.07) is 10.2. The summed E-state index contributed by atoms with van der Waals surface area (Å²) in [5, 5.41) is 4.63. The first kappa shape index (κ1) is 16.7. The summed E-state index contributed by atoms with van der Waals surface area (Å²) in [5.74, 6) is 0. The number of hydrogen-bond acceptors (Lipinski definition) is 3. The molecule has 3 rings (SSSR count). The molecule has 0 radical (unpaired) electrons. The fourth-order valence-corrected chi connectivity index (χ4v) is 3.32. The zero-order valence-corrected chi connectivity index (χ0v) is 14.7. The summed E-state index contributed by atoms with van der Waals surface area (Å²) in [6.07, 6.45) is 3.06. The van der Waals surface area contributed by atoms with Crippen molar-refractivity contribution in [1.82, 2.24) is 15.2 Å². The minimum absolute atomic E-state index is 0.102. The molecule has 0 amide bonds. The van der Waals surface area contributed by atoms with Crippen LogP contribution in [0.5, 0.6) is 0 Å². The summed E-state index contributed by atoms with van der Waals surface area (Å²) < 4.78 is 0. The minimum atomic E-state index is 0.102. The highest BCUT2D eigenvalue weighted by Crippen LogP contribution is 2.32. The maximum Gasteiger partial charge on any atom is 0.0777 e. The minimum Gasteiger partial charge on any atom is -0.315 e. The molecule has 0 spiro atoms. The predicted octanol–water partition coefficient (Wildman–Crippen LogP) is 4.08. The van der Waals surface area contributed by atoms with Crippen LogP contribution < -0.4 is 5.32 Å². The van der Waals surface area contributed by atoms with Crippen LogP contribution in [0.25, 0.3) is 0 Å². The van der Waals surface area contributed by atoms with Crippen molar-refractivity contribution >= 4 is 23.2 Å². The number of aryl methyl sites for hydroxylation is 1. The van der Waals surface area contributed by atoms with Crippen molar-refractivity contribution in [2.75, 3.05) is 26.2 Å². The normalized spacial score (nSPS) is 17.7. The van der Waals surface area contributed by atoms with E-state index in [1.165, 1.54) is 5.56 Å². The summed E-state index contributed by atoms with van der Waals surface area (Å²) in [4.78, 5) is 7.14. The summed E-state index contributed by atoms with van der Waals surface area (Å²) in [6.45, 7) is 6.13. The summed E-state index contributed by atoms with van der Waals surface area (Å²) in [7, 11) is 0. The molecule has 1 fully saturated rings. The van der Waals surface area contributed by atoms with Gasteiger partial charge in [-0.3, -0.25) is 9.88 Å². The SMILES string of the molecule is Cc1ccc(C(c2ccc(Cl)c(Cl)c2)N2CCCNCC2)nc1. The molecular formula is C18H21Cl2N3. The first-order chi connectivity index (χ1) is 11.1. The van der Waals surface area contributed by atoms with E-state index in [9.17, 15) is 0 Å². The largest absolute Gasteiger partial charge is 0.315 e. The lowest BCUT2D eigenvalue weighted by molar-refractivity contribution is 0.237. The van der Waals surface area contributed by atoms with Gasteiger partial charge in [-0.15, -0.1) is 0 Å². The van der Waals surface area contributed by atoms with Crippen LogP contribution in [0.2, 0.25) is 10.0 Å². The van der Waals surface area contributed by atoms with Crippen molar-refractivity contribution in [3.8, 4) is 0 Å². The maximum atomic E-state index is 6.26. The van der Waals surface area contributed by atoms with Gasteiger partial charge in [0, 0.05) is 25.8 Å². The Labute approximate surface area is 147 Å². The Morgan fingerprint density at radius 2 is 1.96 bits per heavy atom. The van der Waals surface area contributed by atoms with Crippen LogP contribution >= 0.6 is 23.2 Å². The zero-order valence-electron chi connectivity index (χ0n) is 13.2. The number of halogens is 2. The zero-order chi connectivity index (χ0) is 16.2. The molecule has 2 heterocycles. The lowest BCUT2D eigenvalue weighted by atomic mass is 10.0. The number of hydrogen-bond donors (Lipinski definition) is 1. The van der Waals surface area contributed by atoms with Crippen LogP contribution in [0.3, 0.4) is 0 Å². The molecule has 1 N–H and O–H groups in total. The number of aromatic nitrogens is 1. The van der Waals surface area contributed by atoms with E-state index in [0.29, 0.717) is 10.0 Å². The predicted molar refractivity (Wildman–Crippen MR) is 96.3 cm³/mol. The van der Waals surface area contributed by atoms with Crippen LogP contribution in [0.4, 0.5) is 0 Å². The van der Waals surface area contributed by atoms with E-state index in [1.54, 1.807) is 0 Å². The Balaban J connectivity index is 2.00. The highest BCUT2D eigenvalue weighted by Gasteiger charge is 2.24. The Bertz CT molecular complexity index is 650. The Hall–Kier alpha value is -1.13. The van der Waals surface area contributed by atoms with E-state index in [0.717, 1.165) is 43.9 Å². The third kappa shape index (κ3) is 4.04. The molecule has 0 saturated carbocycles. The van der Waals surface area contributed by atoms with Gasteiger partial charge in [0.1, 0.15) is 0 Å². The van der Waals surface area contributed by atoms with Crippen molar-refractivity contribution in [3.63, 3.8) is 0 Å². The molecule has 1 aromatic heterocycles. The van der Waals surface area contributed by atoms with Gasteiger partial charge >= 0.3 is 0 Å². The molecule has 23 heavy (non-hydrogen) atoms. The lowest BCUT2D eigenvalue weighted by Gasteiger charge is -2.30. The van der Waals surface area contributed by atoms with Crippen molar-refractivity contribution in [3.05, 3.63) is 63.4 Å². The van der Waals surface area contributed by atoms with E-state index in [-0.39, 0.29) is 6.04 Å². The van der Waals surface area contributed by atoms with Gasteiger partial charge in [0.25, 0.3) is 0 Å². The number of rotatable bonds is 3. The average Bonchev–Trinajstić information content (AvgIpc) is 2.82. The van der Waals surface area contributed by atoms with Gasteiger partial charge in [0.15, 0.2) is 0 Å². The van der Waals surface area contributed by atoms with Crippen molar-refractivity contribution in [2.24, 2.45) is 0 Å². The number of nitrogens with zero attached hydrogens (tertiary/aromatic N) is 2. The highest BCUT2D eigenvalue weighted by atomic mass is 35.5. The van der Waals surface area contributed by atoms with Crippen LogP contribution in [0.1, 0.15) is 29.3 Å². The van der Waals surface area contributed by atoms with Crippen molar-refractivity contribution in [1.29, 1.82) is 0 Å². The van der Waals surface area contributed by atoms with Crippen LogP contribution in [-0.4, -0.2) is 36.1 Å². The topological polar surface area (TPSA) is 28.2 Å². The number of pyridine rings is 1. The molecule has 0 aliphatic carbocycles. The van der Waals surface area contributed by atoms with Crippen LogP contribution in [-0.2, 0) is 0 Å². The smallest absolute Gasteiger partial charge is 0.0777 e. The Morgan fingerprint density at radius 3 is 2.70 bits per heavy atom. The molecule has 5 heteroatoms. The average molecular weight is 350 g/mol. The molecule has 1 aliphatic rings. The van der Waals surface area contributed by atoms with Gasteiger partial charge in [-0.1, -0.05) is 35.3 Å². The third-order valence-electron chi connectivity index (χ3n) is 4.21. The molecular weight excluding hydrogens is 329 g/mol. The van der Waals surface area contributed by atoms with Crippen LogP contribution in [0.15, 0.2) is 36.5 Å². The maximum absolute atomic E-state index is 6.26. The molecule has 1 atom stereocenters. The molecule has 3 nitrogen and oxygen atoms in total. The van der Waals surface area contributed by atoms with Gasteiger partial charge in [0.2, 0.25) is 0 Å². The standard InChI is InChI=1S/C18H21Cl2N3/c1-13-3-6-17(22-12-13)18(23-9-2-7-21-8-10-23)14-4-5-15(19)16(20)11-14/h3-6,11-12,18,21H,2,7-10H2,1H3. The molecule has 1 unspecified atom stereocenters. The van der Waals surface area contributed by atoms with E-state index in [2.05, 4.69) is 40.3 Å². The van der Waals surface area contributed by atoms with E-state index in [1.807, 2.05) is 18.3 Å². The molecule has 2 aromatic rings. The van der Waals surface area contributed by atoms with Crippen molar-refractivity contribution in [2.45, 2.75) is 19.4 Å². The Morgan fingerprint density at radius 1 is 1.09 bits per heavy atom. The summed E-state index contributed by atoms with van der Waals surface area (Å²) in [5.41, 5.74) is 3.35. The fraction of sp³-hybridized carbons (Fsp3) is 0.389. The molecule has 0 bridgehead atoms. The van der Waals surface area contributed by atoms with Crippen molar-refractivity contribution < 1.29 is 0 Å². The highest BCUT2D eigenvalue weighted by molar-refractivity contribution is 6.42. The quantitative estimate of drug-likeness (QED) is 0.904. The molecule has 1 aromatic carbocycles. The first-order valence-electron chi connectivity index (χ1n) is 7.97. The first-order valence-corrected chi connectivity index (χ1v) is 8.73. The van der Waals surface area contributed by atoms with Gasteiger partial charge in [0.05, 0.1) is 21.8 Å². The van der Waals surface area contributed by atoms with Gasteiger partial charge in [-0.25, -0.2) is 0 Å². The second kappa shape index (κ2) is 7.63. The molecule has 1 aliphatic heterocycles. The van der Waals surface area contributed by atoms with Gasteiger partial charge < -0.3 is 5.32 Å². The number of benzene rings is 1. The molecule has 122 valence electrons. The van der Waals surface area contributed by atoms with E-state index >= 15 is 0 Å². The van der Waals surface area contributed by atoms with E-state index in [4.69, 9.17) is 23.2 Å². The summed E-state index contributed by atoms with van der Waals surface area (Å²) >= 11 is 12.4. The van der Waals surface area contributed by atoms with E-state index < -0.39 is 0 Å². The molecule has 1 saturated heterocycles. The lowest BCUT2D eigenvalue weighted by Crippen LogP contribution is -2.33. The number of nitrogens with one attached hydrogen (secondary N) is 1. The second-order valence-corrected chi connectivity index (χ2v) is 6.79. The van der Waals surface area contributed by atoms with Crippen LogP contribution in [0, 0.1) is 6.92 Å². The Kier molecular flexibility index (Phi) is 5.54. The van der Waals surface area contributed by atoms with Gasteiger partial charge in [-0.05, 0) is 49.2 Å². The van der Waals surface area contributed by atoms with Gasteiger partial charge in [-0.2, -0.15) is 0 Å². The fourth-order valence-electron chi connectivity index (χ4n) is 3.02.